The van der Waals surface area contributed by atoms with Crippen LogP contribution in [0.15, 0.2) is 0 Å². The summed E-state index contributed by atoms with van der Waals surface area (Å²) in [4.78, 5) is 16.6. The molecule has 124 valence electrons. The normalized spacial score (nSPS) is 27.8. The predicted octanol–water partition coefficient (Wildman–Crippen LogP) is 0.891. The van der Waals surface area contributed by atoms with Gasteiger partial charge in [-0.2, -0.15) is 0 Å². The van der Waals surface area contributed by atoms with E-state index in [0.29, 0.717) is 18.0 Å². The molecule has 0 aliphatic carbocycles. The molecule has 0 saturated carbocycles. The Labute approximate surface area is 130 Å². The van der Waals surface area contributed by atoms with Gasteiger partial charge in [0.05, 0.1) is 5.54 Å². The highest BCUT2D eigenvalue weighted by Gasteiger charge is 2.38. The molecule has 0 radical (unpaired) electrons. The van der Waals surface area contributed by atoms with Crippen LogP contribution in [0.5, 0.6) is 0 Å². The molecule has 1 fully saturated rings. The molecule has 0 aromatic carbocycles. The van der Waals surface area contributed by atoms with E-state index in [-0.39, 0.29) is 5.91 Å². The van der Waals surface area contributed by atoms with Crippen LogP contribution in [0.25, 0.3) is 0 Å². The number of carbonyl (C=O) groups excluding carboxylic acids is 1. The second-order valence-electron chi connectivity index (χ2n) is 7.14. The molecule has 0 spiro atoms. The maximum atomic E-state index is 11.8. The van der Waals surface area contributed by atoms with Crippen LogP contribution >= 0.6 is 0 Å². The van der Waals surface area contributed by atoms with E-state index in [4.69, 9.17) is 5.73 Å². The Balaban J connectivity index is 2.66. The lowest BCUT2D eigenvalue weighted by molar-refractivity contribution is -0.124. The van der Waals surface area contributed by atoms with Crippen molar-refractivity contribution in [3.05, 3.63) is 0 Å². The van der Waals surface area contributed by atoms with Gasteiger partial charge in [-0.1, -0.05) is 13.8 Å². The third kappa shape index (κ3) is 4.66. The number of hydrogen-bond donors (Lipinski definition) is 2. The first-order valence-electron chi connectivity index (χ1n) is 8.16. The fraction of sp³-hybridized carbons (Fsp3) is 0.938. The molecule has 4 unspecified atom stereocenters. The molecule has 1 aliphatic rings. The largest absolute Gasteiger partial charge is 0.368 e. The molecule has 0 bridgehead atoms. The first-order valence-corrected chi connectivity index (χ1v) is 8.16. The fourth-order valence-electron chi connectivity index (χ4n) is 3.40. The van der Waals surface area contributed by atoms with Gasteiger partial charge in [-0.05, 0) is 53.2 Å². The highest BCUT2D eigenvalue weighted by Crippen LogP contribution is 2.25. The van der Waals surface area contributed by atoms with Crippen molar-refractivity contribution in [2.45, 2.75) is 58.2 Å². The fourth-order valence-corrected chi connectivity index (χ4v) is 3.40. The predicted molar refractivity (Wildman–Crippen MR) is 88.2 cm³/mol. The third-order valence-corrected chi connectivity index (χ3v) is 4.90. The second kappa shape index (κ2) is 7.56. The van der Waals surface area contributed by atoms with Crippen LogP contribution in [0.4, 0.5) is 0 Å². The maximum absolute atomic E-state index is 11.8. The third-order valence-electron chi connectivity index (χ3n) is 4.90. The zero-order chi connectivity index (χ0) is 16.2. The molecule has 1 rings (SSSR count). The van der Waals surface area contributed by atoms with Crippen LogP contribution in [0.2, 0.25) is 0 Å². The van der Waals surface area contributed by atoms with Crippen molar-refractivity contribution >= 4 is 5.91 Å². The van der Waals surface area contributed by atoms with Gasteiger partial charge < -0.3 is 16.0 Å². The van der Waals surface area contributed by atoms with Gasteiger partial charge in [0.15, 0.2) is 0 Å². The summed E-state index contributed by atoms with van der Waals surface area (Å²) in [6.07, 6.45) is 1.76. The molecule has 1 saturated heterocycles. The Kier molecular flexibility index (Phi) is 6.63. The van der Waals surface area contributed by atoms with Gasteiger partial charge in [-0.3, -0.25) is 9.69 Å². The number of carbonyl (C=O) groups is 1. The first kappa shape index (κ1) is 18.4. The molecular formula is C16H34N4O. The van der Waals surface area contributed by atoms with Crippen molar-refractivity contribution in [1.82, 2.24) is 15.1 Å². The minimum Gasteiger partial charge on any atom is -0.368 e. The lowest BCUT2D eigenvalue weighted by Gasteiger charge is -2.34. The number of primary amides is 1. The van der Waals surface area contributed by atoms with Gasteiger partial charge in [0.2, 0.25) is 5.91 Å². The molecule has 21 heavy (non-hydrogen) atoms. The Hall–Kier alpha value is -0.650. The highest BCUT2D eigenvalue weighted by atomic mass is 16.1. The van der Waals surface area contributed by atoms with Gasteiger partial charge in [0.1, 0.15) is 0 Å². The Morgan fingerprint density at radius 3 is 2.52 bits per heavy atom. The minimum atomic E-state index is -0.616. The van der Waals surface area contributed by atoms with Gasteiger partial charge in [-0.25, -0.2) is 0 Å². The van der Waals surface area contributed by atoms with Gasteiger partial charge in [0.25, 0.3) is 0 Å². The number of amides is 1. The van der Waals surface area contributed by atoms with Crippen LogP contribution < -0.4 is 11.1 Å². The van der Waals surface area contributed by atoms with E-state index in [9.17, 15) is 4.79 Å². The molecule has 5 nitrogen and oxygen atoms in total. The number of nitrogens with one attached hydrogen (secondary N) is 1. The van der Waals surface area contributed by atoms with E-state index in [0.717, 1.165) is 32.5 Å². The SMILES string of the molecule is CCCNC(C)(CC(C)N1CC(C)C(N(C)C)C1)C(N)=O. The second-order valence-corrected chi connectivity index (χ2v) is 7.14. The number of likely N-dealkylation sites (N-methyl/N-ethyl adjacent to an activating group) is 1. The van der Waals surface area contributed by atoms with Crippen molar-refractivity contribution in [3.63, 3.8) is 0 Å². The van der Waals surface area contributed by atoms with Crippen LogP contribution in [0, 0.1) is 5.92 Å². The molecule has 3 N–H and O–H groups in total. The van der Waals surface area contributed by atoms with Crippen molar-refractivity contribution in [2.75, 3.05) is 33.7 Å². The quantitative estimate of drug-likeness (QED) is 0.699. The molecule has 0 aromatic rings. The maximum Gasteiger partial charge on any atom is 0.237 e. The average molecular weight is 298 g/mol. The topological polar surface area (TPSA) is 61.6 Å². The summed E-state index contributed by atoms with van der Waals surface area (Å²) in [6.45, 7) is 11.5. The lowest BCUT2D eigenvalue weighted by atomic mass is 9.92. The minimum absolute atomic E-state index is 0.251. The lowest BCUT2D eigenvalue weighted by Crippen LogP contribution is -2.56. The number of rotatable bonds is 8. The Morgan fingerprint density at radius 2 is 2.10 bits per heavy atom. The average Bonchev–Trinajstić information content (AvgIpc) is 2.78. The van der Waals surface area contributed by atoms with Crippen LogP contribution in [0.3, 0.4) is 0 Å². The van der Waals surface area contributed by atoms with Crippen molar-refractivity contribution in [2.24, 2.45) is 11.7 Å². The van der Waals surface area contributed by atoms with Crippen LogP contribution in [-0.2, 0) is 4.79 Å². The molecule has 5 heteroatoms. The molecule has 1 aliphatic heterocycles. The van der Waals surface area contributed by atoms with Crippen molar-refractivity contribution in [3.8, 4) is 0 Å². The molecule has 0 aromatic heterocycles. The summed E-state index contributed by atoms with van der Waals surface area (Å²) < 4.78 is 0. The summed E-state index contributed by atoms with van der Waals surface area (Å²) in [5.41, 5.74) is 5.02. The standard InChI is InChI=1S/C16H34N4O/c1-7-8-18-16(4,15(17)21)9-13(3)20-10-12(2)14(11-20)19(5)6/h12-14,18H,7-11H2,1-6H3,(H2,17,21). The summed E-state index contributed by atoms with van der Waals surface area (Å²) in [5.74, 6) is 0.407. The highest BCUT2D eigenvalue weighted by molar-refractivity contribution is 5.84. The van der Waals surface area contributed by atoms with Gasteiger partial charge in [-0.15, -0.1) is 0 Å². The monoisotopic (exact) mass is 298 g/mol. The van der Waals surface area contributed by atoms with E-state index >= 15 is 0 Å². The first-order chi connectivity index (χ1) is 9.71. The summed E-state index contributed by atoms with van der Waals surface area (Å²) in [5, 5.41) is 3.33. The van der Waals surface area contributed by atoms with Crippen LogP contribution in [0.1, 0.15) is 40.5 Å². The van der Waals surface area contributed by atoms with E-state index in [1.807, 2.05) is 6.92 Å². The van der Waals surface area contributed by atoms with Crippen molar-refractivity contribution < 1.29 is 4.79 Å². The summed E-state index contributed by atoms with van der Waals surface area (Å²) in [6, 6.07) is 0.940. The molecule has 4 atom stereocenters. The molecular weight excluding hydrogens is 264 g/mol. The van der Waals surface area contributed by atoms with E-state index in [1.165, 1.54) is 0 Å². The Bertz CT molecular complexity index is 347. The van der Waals surface area contributed by atoms with E-state index in [1.54, 1.807) is 0 Å². The number of nitrogens with zero attached hydrogens (tertiary/aromatic N) is 2. The van der Waals surface area contributed by atoms with E-state index in [2.05, 4.69) is 50.0 Å². The van der Waals surface area contributed by atoms with Crippen LogP contribution in [-0.4, -0.2) is 67.1 Å². The number of hydrogen-bond acceptors (Lipinski definition) is 4. The van der Waals surface area contributed by atoms with Crippen molar-refractivity contribution in [1.29, 1.82) is 0 Å². The number of nitrogens with two attached hydrogens (primary N) is 1. The molecule has 1 heterocycles. The van der Waals surface area contributed by atoms with E-state index < -0.39 is 5.54 Å². The molecule has 1 amide bonds. The van der Waals surface area contributed by atoms with Gasteiger partial charge >= 0.3 is 0 Å². The zero-order valence-corrected chi connectivity index (χ0v) is 14.6. The Morgan fingerprint density at radius 1 is 1.48 bits per heavy atom. The smallest absolute Gasteiger partial charge is 0.237 e. The number of likely N-dealkylation sites (tertiary alicyclic amines) is 1. The summed E-state index contributed by atoms with van der Waals surface area (Å²) in [7, 11) is 4.29. The van der Waals surface area contributed by atoms with Gasteiger partial charge in [0, 0.05) is 25.2 Å². The zero-order valence-electron chi connectivity index (χ0n) is 14.6. The summed E-state index contributed by atoms with van der Waals surface area (Å²) >= 11 is 0.